The number of hydrogen-bond acceptors (Lipinski definition) is 6. The van der Waals surface area contributed by atoms with Gasteiger partial charge in [-0.3, -0.25) is 4.79 Å². The molecule has 152 valence electrons. The van der Waals surface area contributed by atoms with E-state index in [1.54, 1.807) is 25.1 Å². The molecule has 0 unspecified atom stereocenters. The van der Waals surface area contributed by atoms with Crippen molar-refractivity contribution in [1.82, 2.24) is 4.98 Å². The first kappa shape index (κ1) is 20.8. The highest BCUT2D eigenvalue weighted by Crippen LogP contribution is 2.27. The highest BCUT2D eigenvalue weighted by Gasteiger charge is 2.12. The smallest absolute Gasteiger partial charge is 0.338 e. The van der Waals surface area contributed by atoms with E-state index in [1.807, 2.05) is 24.3 Å². The molecule has 3 aromatic rings. The van der Waals surface area contributed by atoms with Crippen molar-refractivity contribution in [1.29, 1.82) is 0 Å². The number of nitrogens with one attached hydrogen (secondary N) is 1. The van der Waals surface area contributed by atoms with Crippen LogP contribution in [0.5, 0.6) is 5.75 Å². The highest BCUT2D eigenvalue weighted by molar-refractivity contribution is 7.22. The number of fused-ring (bicyclic) bond motifs is 1. The molecule has 0 spiro atoms. The second-order valence-corrected chi connectivity index (χ2v) is 7.45. The third-order valence-corrected chi connectivity index (χ3v) is 5.23. The van der Waals surface area contributed by atoms with Crippen molar-refractivity contribution in [3.8, 4) is 5.75 Å². The molecule has 0 aliphatic rings. The lowest BCUT2D eigenvalue weighted by Gasteiger charge is -2.06. The number of aryl methyl sites for hydroxylation is 1. The van der Waals surface area contributed by atoms with Gasteiger partial charge in [0, 0.05) is 6.42 Å². The molecule has 1 N–H and O–H groups in total. The zero-order valence-corrected chi connectivity index (χ0v) is 17.4. The largest absolute Gasteiger partial charge is 0.494 e. The molecule has 7 heteroatoms. The van der Waals surface area contributed by atoms with Crippen LogP contribution in [0, 0.1) is 0 Å². The van der Waals surface area contributed by atoms with Gasteiger partial charge in [0.1, 0.15) is 5.75 Å². The fourth-order valence-corrected chi connectivity index (χ4v) is 3.67. The lowest BCUT2D eigenvalue weighted by molar-refractivity contribution is -0.116. The zero-order valence-electron chi connectivity index (χ0n) is 16.6. The maximum atomic E-state index is 12.2. The van der Waals surface area contributed by atoms with E-state index in [1.165, 1.54) is 16.9 Å². The first-order chi connectivity index (χ1) is 14.1. The molecular weight excluding hydrogens is 388 g/mol. The molecule has 0 bridgehead atoms. The number of thiazole rings is 1. The van der Waals surface area contributed by atoms with E-state index in [2.05, 4.69) is 17.2 Å². The highest BCUT2D eigenvalue weighted by atomic mass is 32.1. The summed E-state index contributed by atoms with van der Waals surface area (Å²) in [5.74, 6) is 0.337. The number of esters is 1. The Balaban J connectivity index is 1.48. The van der Waals surface area contributed by atoms with Gasteiger partial charge in [0.15, 0.2) is 5.13 Å². The molecule has 1 heterocycles. The molecule has 6 nitrogen and oxygen atoms in total. The summed E-state index contributed by atoms with van der Waals surface area (Å²) in [7, 11) is 0. The van der Waals surface area contributed by atoms with Crippen molar-refractivity contribution >= 4 is 38.6 Å². The average molecular weight is 413 g/mol. The van der Waals surface area contributed by atoms with Gasteiger partial charge in [0.25, 0.3) is 0 Å². The van der Waals surface area contributed by atoms with E-state index < -0.39 is 0 Å². The van der Waals surface area contributed by atoms with Gasteiger partial charge in [-0.05, 0) is 55.7 Å². The molecule has 0 saturated carbocycles. The Kier molecular flexibility index (Phi) is 7.19. The molecule has 1 amide bonds. The summed E-state index contributed by atoms with van der Waals surface area (Å²) in [6.07, 6.45) is 1.95. The minimum Gasteiger partial charge on any atom is -0.494 e. The number of aromatic nitrogens is 1. The van der Waals surface area contributed by atoms with Gasteiger partial charge < -0.3 is 14.8 Å². The lowest BCUT2D eigenvalue weighted by Crippen LogP contribution is -2.12. The standard InChI is InChI=1S/C22H24N2O4S/c1-3-15-7-10-17(11-8-15)28-13-5-6-20(25)24-22-23-18-12-9-16(14-19(18)29-22)21(26)27-4-2/h7-12,14H,3-6,13H2,1-2H3,(H,23,24,25). The minimum atomic E-state index is -0.363. The van der Waals surface area contributed by atoms with E-state index in [0.717, 1.165) is 22.4 Å². The van der Waals surface area contributed by atoms with Gasteiger partial charge in [-0.2, -0.15) is 0 Å². The molecule has 1 aromatic heterocycles. The van der Waals surface area contributed by atoms with Crippen LogP contribution in [0.1, 0.15) is 42.6 Å². The SMILES string of the molecule is CCOC(=O)c1ccc2nc(NC(=O)CCCOc3ccc(CC)cc3)sc2c1. The molecule has 0 saturated heterocycles. The molecule has 0 radical (unpaired) electrons. The lowest BCUT2D eigenvalue weighted by atomic mass is 10.2. The van der Waals surface area contributed by atoms with Gasteiger partial charge in [0.05, 0.1) is 29.0 Å². The maximum Gasteiger partial charge on any atom is 0.338 e. The number of rotatable bonds is 9. The molecule has 3 rings (SSSR count). The van der Waals surface area contributed by atoms with Gasteiger partial charge in [0.2, 0.25) is 5.91 Å². The quantitative estimate of drug-likeness (QED) is 0.402. The summed E-state index contributed by atoms with van der Waals surface area (Å²) >= 11 is 1.33. The van der Waals surface area contributed by atoms with Gasteiger partial charge in [-0.1, -0.05) is 30.4 Å². The van der Waals surface area contributed by atoms with Crippen LogP contribution < -0.4 is 10.1 Å². The Bertz CT molecular complexity index is 982. The Morgan fingerprint density at radius 2 is 1.90 bits per heavy atom. The summed E-state index contributed by atoms with van der Waals surface area (Å²) in [5.41, 5.74) is 2.48. The molecule has 0 atom stereocenters. The van der Waals surface area contributed by atoms with Crippen molar-refractivity contribution in [2.45, 2.75) is 33.1 Å². The number of carbonyl (C=O) groups excluding carboxylic acids is 2. The Labute approximate surface area is 173 Å². The summed E-state index contributed by atoms with van der Waals surface area (Å²) in [6, 6.07) is 13.2. The third-order valence-electron chi connectivity index (χ3n) is 4.29. The van der Waals surface area contributed by atoms with Crippen LogP contribution in [0.15, 0.2) is 42.5 Å². The van der Waals surface area contributed by atoms with Gasteiger partial charge in [-0.15, -0.1) is 0 Å². The number of amides is 1. The molecule has 0 aliphatic heterocycles. The number of carbonyl (C=O) groups is 2. The number of benzene rings is 2. The van der Waals surface area contributed by atoms with Crippen LogP contribution in [0.25, 0.3) is 10.2 Å². The Morgan fingerprint density at radius 3 is 2.62 bits per heavy atom. The van der Waals surface area contributed by atoms with E-state index in [9.17, 15) is 9.59 Å². The summed E-state index contributed by atoms with van der Waals surface area (Å²) in [6.45, 7) is 4.68. The molecule has 29 heavy (non-hydrogen) atoms. The fraction of sp³-hybridized carbons (Fsp3) is 0.318. The number of ether oxygens (including phenoxy) is 2. The van der Waals surface area contributed by atoms with Crippen molar-refractivity contribution < 1.29 is 19.1 Å². The van der Waals surface area contributed by atoms with Crippen molar-refractivity contribution in [3.63, 3.8) is 0 Å². The second-order valence-electron chi connectivity index (χ2n) is 6.42. The first-order valence-electron chi connectivity index (χ1n) is 9.68. The van der Waals surface area contributed by atoms with Gasteiger partial charge >= 0.3 is 5.97 Å². The van der Waals surface area contributed by atoms with E-state index in [0.29, 0.717) is 36.8 Å². The van der Waals surface area contributed by atoms with E-state index in [-0.39, 0.29) is 11.9 Å². The summed E-state index contributed by atoms with van der Waals surface area (Å²) < 4.78 is 11.5. The topological polar surface area (TPSA) is 77.5 Å². The Morgan fingerprint density at radius 1 is 1.10 bits per heavy atom. The van der Waals surface area contributed by atoms with E-state index in [4.69, 9.17) is 9.47 Å². The van der Waals surface area contributed by atoms with E-state index >= 15 is 0 Å². The van der Waals surface area contributed by atoms with Crippen LogP contribution >= 0.6 is 11.3 Å². The predicted octanol–water partition coefficient (Wildman–Crippen LogP) is 4.83. The number of hydrogen-bond donors (Lipinski definition) is 1. The number of anilines is 1. The molecule has 0 fully saturated rings. The van der Waals surface area contributed by atoms with Gasteiger partial charge in [-0.25, -0.2) is 9.78 Å². The van der Waals surface area contributed by atoms with Crippen molar-refractivity contribution in [2.24, 2.45) is 0 Å². The van der Waals surface area contributed by atoms with Crippen LogP contribution in [-0.4, -0.2) is 30.1 Å². The third kappa shape index (κ3) is 5.77. The Hall–Kier alpha value is -2.93. The molecule has 2 aromatic carbocycles. The predicted molar refractivity (Wildman–Crippen MR) is 115 cm³/mol. The van der Waals surface area contributed by atoms with Crippen LogP contribution in [0.4, 0.5) is 5.13 Å². The second kappa shape index (κ2) is 10.0. The minimum absolute atomic E-state index is 0.111. The number of nitrogens with zero attached hydrogens (tertiary/aromatic N) is 1. The zero-order chi connectivity index (χ0) is 20.6. The normalized spacial score (nSPS) is 10.7. The van der Waals surface area contributed by atoms with Crippen LogP contribution in [0.3, 0.4) is 0 Å². The first-order valence-corrected chi connectivity index (χ1v) is 10.5. The molecule has 0 aliphatic carbocycles. The van der Waals surface area contributed by atoms with Crippen LogP contribution in [-0.2, 0) is 16.0 Å². The van der Waals surface area contributed by atoms with Crippen molar-refractivity contribution in [2.75, 3.05) is 18.5 Å². The summed E-state index contributed by atoms with van der Waals surface area (Å²) in [4.78, 5) is 28.4. The summed E-state index contributed by atoms with van der Waals surface area (Å²) in [5, 5.41) is 3.33. The van der Waals surface area contributed by atoms with Crippen molar-refractivity contribution in [3.05, 3.63) is 53.6 Å². The molecular formula is C22H24N2O4S. The van der Waals surface area contributed by atoms with Crippen LogP contribution in [0.2, 0.25) is 0 Å². The monoisotopic (exact) mass is 412 g/mol. The fourth-order valence-electron chi connectivity index (χ4n) is 2.75. The maximum absolute atomic E-state index is 12.2. The average Bonchev–Trinajstić information content (AvgIpc) is 3.13.